The Morgan fingerprint density at radius 1 is 0.786 bits per heavy atom. The molecule has 1 N–H and O–H groups in total. The Kier molecular flexibility index (Phi) is 4.56. The first-order chi connectivity index (χ1) is 13.6. The van der Waals surface area contributed by atoms with Gasteiger partial charge in [0.2, 0.25) is 5.91 Å². The Bertz CT molecular complexity index is 1090. The van der Waals surface area contributed by atoms with E-state index in [1.54, 1.807) is 48.5 Å². The SMILES string of the molecule is O=C(/C=C/c1ccccc1)Nc1cccc2c1C(=O)N(c1ccccc1)C2=O. The molecule has 0 aliphatic carbocycles. The summed E-state index contributed by atoms with van der Waals surface area (Å²) in [6, 6.07) is 23.0. The minimum Gasteiger partial charge on any atom is -0.322 e. The van der Waals surface area contributed by atoms with Crippen molar-refractivity contribution >= 4 is 35.2 Å². The summed E-state index contributed by atoms with van der Waals surface area (Å²) >= 11 is 0. The second kappa shape index (κ2) is 7.32. The third-order valence-electron chi connectivity index (χ3n) is 4.41. The molecule has 4 rings (SSSR count). The first kappa shape index (κ1) is 17.4. The van der Waals surface area contributed by atoms with E-state index in [2.05, 4.69) is 5.32 Å². The summed E-state index contributed by atoms with van der Waals surface area (Å²) < 4.78 is 0. The number of hydrogen-bond donors (Lipinski definition) is 1. The van der Waals surface area contributed by atoms with Gasteiger partial charge in [0.05, 0.1) is 22.5 Å². The largest absolute Gasteiger partial charge is 0.322 e. The molecule has 0 fully saturated rings. The molecule has 0 bridgehead atoms. The van der Waals surface area contributed by atoms with Crippen LogP contribution in [0.4, 0.5) is 11.4 Å². The van der Waals surface area contributed by atoms with E-state index in [0.29, 0.717) is 11.4 Å². The minimum absolute atomic E-state index is 0.206. The Labute approximate surface area is 161 Å². The smallest absolute Gasteiger partial charge is 0.268 e. The second-order valence-electron chi connectivity index (χ2n) is 6.24. The van der Waals surface area contributed by atoms with Gasteiger partial charge < -0.3 is 5.32 Å². The summed E-state index contributed by atoms with van der Waals surface area (Å²) in [5.41, 5.74) is 2.18. The van der Waals surface area contributed by atoms with E-state index in [4.69, 9.17) is 0 Å². The molecule has 0 atom stereocenters. The zero-order valence-electron chi connectivity index (χ0n) is 14.8. The van der Waals surface area contributed by atoms with Gasteiger partial charge >= 0.3 is 0 Å². The van der Waals surface area contributed by atoms with Gasteiger partial charge in [0, 0.05) is 6.08 Å². The van der Waals surface area contributed by atoms with Crippen molar-refractivity contribution < 1.29 is 14.4 Å². The highest BCUT2D eigenvalue weighted by Gasteiger charge is 2.38. The highest BCUT2D eigenvalue weighted by atomic mass is 16.2. The van der Waals surface area contributed by atoms with Gasteiger partial charge in [0.1, 0.15) is 0 Å². The summed E-state index contributed by atoms with van der Waals surface area (Å²) in [5, 5.41) is 2.71. The molecule has 3 amide bonds. The molecule has 1 aliphatic rings. The number of nitrogens with zero attached hydrogens (tertiary/aromatic N) is 1. The molecule has 1 aliphatic heterocycles. The molecule has 1 heterocycles. The number of imide groups is 1. The molecule has 5 heteroatoms. The number of anilines is 2. The van der Waals surface area contributed by atoms with Crippen molar-refractivity contribution in [2.45, 2.75) is 0 Å². The standard InChI is InChI=1S/C23H16N2O3/c26-20(15-14-16-8-3-1-4-9-16)24-19-13-7-12-18-21(19)23(28)25(22(18)27)17-10-5-2-6-11-17/h1-15H,(H,24,26)/b15-14+. The van der Waals surface area contributed by atoms with E-state index in [1.807, 2.05) is 36.4 Å². The third-order valence-corrected chi connectivity index (χ3v) is 4.41. The van der Waals surface area contributed by atoms with Gasteiger partial charge in [-0.2, -0.15) is 0 Å². The van der Waals surface area contributed by atoms with Gasteiger partial charge in [-0.15, -0.1) is 0 Å². The van der Waals surface area contributed by atoms with Crippen molar-refractivity contribution in [1.82, 2.24) is 0 Å². The maximum atomic E-state index is 12.9. The third kappa shape index (κ3) is 3.21. The quantitative estimate of drug-likeness (QED) is 0.556. The number of nitrogens with one attached hydrogen (secondary N) is 1. The molecule has 3 aromatic carbocycles. The molecular formula is C23H16N2O3. The molecule has 28 heavy (non-hydrogen) atoms. The van der Waals surface area contributed by atoms with Crippen molar-refractivity contribution in [3.05, 3.63) is 102 Å². The number of carbonyl (C=O) groups is 3. The van der Waals surface area contributed by atoms with Crippen LogP contribution in [0, 0.1) is 0 Å². The van der Waals surface area contributed by atoms with Crippen LogP contribution in [-0.2, 0) is 4.79 Å². The van der Waals surface area contributed by atoms with Gasteiger partial charge in [-0.05, 0) is 35.9 Å². The number of amides is 3. The minimum atomic E-state index is -0.450. The molecule has 0 saturated carbocycles. The van der Waals surface area contributed by atoms with Crippen LogP contribution in [0.5, 0.6) is 0 Å². The van der Waals surface area contributed by atoms with E-state index in [1.165, 1.54) is 6.08 Å². The van der Waals surface area contributed by atoms with Crippen molar-refractivity contribution in [2.24, 2.45) is 0 Å². The Morgan fingerprint density at radius 2 is 1.46 bits per heavy atom. The van der Waals surface area contributed by atoms with Gasteiger partial charge in [-0.3, -0.25) is 14.4 Å². The monoisotopic (exact) mass is 368 g/mol. The first-order valence-corrected chi connectivity index (χ1v) is 8.76. The molecule has 0 saturated heterocycles. The van der Waals surface area contributed by atoms with E-state index in [0.717, 1.165) is 10.5 Å². The predicted molar refractivity (Wildman–Crippen MR) is 108 cm³/mol. The lowest BCUT2D eigenvalue weighted by Crippen LogP contribution is -2.29. The Hall–Kier alpha value is -3.99. The fourth-order valence-electron chi connectivity index (χ4n) is 3.11. The normalized spacial score (nSPS) is 13.1. The number of fused-ring (bicyclic) bond motifs is 1. The molecule has 0 aromatic heterocycles. The van der Waals surface area contributed by atoms with E-state index < -0.39 is 11.8 Å². The molecule has 0 radical (unpaired) electrons. The predicted octanol–water partition coefficient (Wildman–Crippen LogP) is 4.14. The van der Waals surface area contributed by atoms with E-state index in [9.17, 15) is 14.4 Å². The van der Waals surface area contributed by atoms with Crippen molar-refractivity contribution in [3.63, 3.8) is 0 Å². The zero-order valence-corrected chi connectivity index (χ0v) is 14.8. The summed E-state index contributed by atoms with van der Waals surface area (Å²) in [6.45, 7) is 0. The van der Waals surface area contributed by atoms with Crippen molar-refractivity contribution in [3.8, 4) is 0 Å². The lowest BCUT2D eigenvalue weighted by atomic mass is 10.1. The summed E-state index contributed by atoms with van der Waals surface area (Å²) in [4.78, 5) is 39.1. The molecule has 0 spiro atoms. The number of benzene rings is 3. The van der Waals surface area contributed by atoms with Crippen LogP contribution in [0.3, 0.4) is 0 Å². The average molecular weight is 368 g/mol. The van der Waals surface area contributed by atoms with Crippen LogP contribution >= 0.6 is 0 Å². The number of rotatable bonds is 4. The maximum Gasteiger partial charge on any atom is 0.268 e. The number of carbonyl (C=O) groups excluding carboxylic acids is 3. The zero-order chi connectivity index (χ0) is 19.5. The number of para-hydroxylation sites is 1. The van der Waals surface area contributed by atoms with Gasteiger partial charge in [0.15, 0.2) is 0 Å². The fourth-order valence-corrected chi connectivity index (χ4v) is 3.11. The summed E-state index contributed by atoms with van der Waals surface area (Å²) in [6.07, 6.45) is 3.08. The average Bonchev–Trinajstić information content (AvgIpc) is 2.99. The molecular weight excluding hydrogens is 352 g/mol. The van der Waals surface area contributed by atoms with Crippen LogP contribution in [0.1, 0.15) is 26.3 Å². The van der Waals surface area contributed by atoms with Crippen LogP contribution < -0.4 is 10.2 Å². The van der Waals surface area contributed by atoms with Gasteiger partial charge in [0.25, 0.3) is 11.8 Å². The maximum absolute atomic E-state index is 12.9. The molecule has 3 aromatic rings. The lowest BCUT2D eigenvalue weighted by molar-refractivity contribution is -0.111. The summed E-state index contributed by atoms with van der Waals surface area (Å²) in [5.74, 6) is -1.23. The Balaban J connectivity index is 1.61. The topological polar surface area (TPSA) is 66.5 Å². The fraction of sp³-hybridized carbons (Fsp3) is 0. The molecule has 5 nitrogen and oxygen atoms in total. The van der Waals surface area contributed by atoms with Gasteiger partial charge in [-0.25, -0.2) is 4.90 Å². The van der Waals surface area contributed by atoms with Crippen LogP contribution in [0.2, 0.25) is 0 Å². The van der Waals surface area contributed by atoms with E-state index in [-0.39, 0.29) is 17.0 Å². The van der Waals surface area contributed by atoms with E-state index >= 15 is 0 Å². The van der Waals surface area contributed by atoms with Crippen molar-refractivity contribution in [1.29, 1.82) is 0 Å². The van der Waals surface area contributed by atoms with Crippen LogP contribution in [0.25, 0.3) is 6.08 Å². The first-order valence-electron chi connectivity index (χ1n) is 8.76. The highest BCUT2D eigenvalue weighted by molar-refractivity contribution is 6.36. The molecule has 136 valence electrons. The number of hydrogen-bond acceptors (Lipinski definition) is 3. The van der Waals surface area contributed by atoms with Gasteiger partial charge in [-0.1, -0.05) is 54.6 Å². The van der Waals surface area contributed by atoms with Crippen LogP contribution in [-0.4, -0.2) is 17.7 Å². The highest BCUT2D eigenvalue weighted by Crippen LogP contribution is 2.32. The summed E-state index contributed by atoms with van der Waals surface area (Å²) in [7, 11) is 0. The van der Waals surface area contributed by atoms with Crippen LogP contribution in [0.15, 0.2) is 84.9 Å². The molecule has 0 unspecified atom stereocenters. The lowest BCUT2D eigenvalue weighted by Gasteiger charge is -2.13. The Morgan fingerprint density at radius 3 is 2.18 bits per heavy atom. The second-order valence-corrected chi connectivity index (χ2v) is 6.24. The van der Waals surface area contributed by atoms with Crippen molar-refractivity contribution in [2.75, 3.05) is 10.2 Å².